The number of hydrogen-bond acceptors (Lipinski definition) is 4. The summed E-state index contributed by atoms with van der Waals surface area (Å²) in [7, 11) is 0. The van der Waals surface area contributed by atoms with Crippen molar-refractivity contribution in [2.75, 3.05) is 0 Å². The second-order valence-electron chi connectivity index (χ2n) is 1.75. The van der Waals surface area contributed by atoms with Gasteiger partial charge in [-0.05, 0) is 6.92 Å². The van der Waals surface area contributed by atoms with Crippen molar-refractivity contribution in [3.8, 4) is 0 Å². The molecule has 0 aliphatic rings. The van der Waals surface area contributed by atoms with Crippen LogP contribution >= 0.6 is 12.6 Å². The molecule has 0 bridgehead atoms. The third-order valence-corrected chi connectivity index (χ3v) is 1.03. The summed E-state index contributed by atoms with van der Waals surface area (Å²) >= 11 is 4.06. The van der Waals surface area contributed by atoms with E-state index in [4.69, 9.17) is 0 Å². The van der Waals surface area contributed by atoms with Crippen LogP contribution in [0.3, 0.4) is 0 Å². The first-order valence-electron chi connectivity index (χ1n) is 2.56. The standard InChI is InChI=1S/C5H7N2OS/c1-4(9)2-5-3-8-7-6-5/h3-4,9H,1-2H2. The molecule has 1 heterocycles. The number of thiol groups is 1. The zero-order valence-electron chi connectivity index (χ0n) is 4.82. The van der Waals surface area contributed by atoms with Crippen molar-refractivity contribution >= 4 is 12.6 Å². The molecule has 1 atom stereocenters. The molecule has 0 N–H and O–H groups in total. The molecule has 9 heavy (non-hydrogen) atoms. The zero-order valence-corrected chi connectivity index (χ0v) is 5.71. The minimum Gasteiger partial charge on any atom is -0.345 e. The highest BCUT2D eigenvalue weighted by Gasteiger charge is 2.00. The summed E-state index contributed by atoms with van der Waals surface area (Å²) < 4.78 is 4.49. The van der Waals surface area contributed by atoms with Crippen LogP contribution in [0.1, 0.15) is 5.69 Å². The summed E-state index contributed by atoms with van der Waals surface area (Å²) in [6, 6.07) is 0. The minimum absolute atomic E-state index is 0.0666. The smallest absolute Gasteiger partial charge is 0.147 e. The lowest BCUT2D eigenvalue weighted by Gasteiger charge is -1.94. The summed E-state index contributed by atoms with van der Waals surface area (Å²) in [6.45, 7) is 3.67. The third kappa shape index (κ3) is 2.05. The first-order valence-corrected chi connectivity index (χ1v) is 3.08. The molecule has 0 fully saturated rings. The molecule has 3 nitrogen and oxygen atoms in total. The van der Waals surface area contributed by atoms with Gasteiger partial charge in [-0.3, -0.25) is 0 Å². The van der Waals surface area contributed by atoms with Gasteiger partial charge in [0.05, 0.1) is 0 Å². The van der Waals surface area contributed by atoms with Crippen LogP contribution in [0.2, 0.25) is 0 Å². The molecule has 1 aromatic rings. The van der Waals surface area contributed by atoms with Crippen LogP contribution in [0.15, 0.2) is 10.8 Å². The number of rotatable bonds is 2. The van der Waals surface area contributed by atoms with Crippen LogP contribution in [-0.4, -0.2) is 15.6 Å². The van der Waals surface area contributed by atoms with Gasteiger partial charge in [-0.25, -0.2) is 0 Å². The van der Waals surface area contributed by atoms with Gasteiger partial charge in [0.25, 0.3) is 0 Å². The van der Waals surface area contributed by atoms with Crippen LogP contribution in [0.25, 0.3) is 0 Å². The molecule has 1 rings (SSSR count). The zero-order chi connectivity index (χ0) is 6.69. The summed E-state index contributed by atoms with van der Waals surface area (Å²) in [4.78, 5) is 0. The lowest BCUT2D eigenvalue weighted by molar-refractivity contribution is 0.392. The Labute approximate surface area is 58.8 Å². The van der Waals surface area contributed by atoms with E-state index in [1.54, 1.807) is 0 Å². The lowest BCUT2D eigenvalue weighted by atomic mass is 10.3. The highest BCUT2D eigenvalue weighted by atomic mass is 32.1. The maximum Gasteiger partial charge on any atom is 0.147 e. The molecule has 0 aromatic carbocycles. The van der Waals surface area contributed by atoms with E-state index in [1.807, 2.05) is 0 Å². The number of hydrogen-bond donors (Lipinski definition) is 1. The Morgan fingerprint density at radius 1 is 1.89 bits per heavy atom. The van der Waals surface area contributed by atoms with E-state index >= 15 is 0 Å². The van der Waals surface area contributed by atoms with E-state index in [-0.39, 0.29) is 5.25 Å². The van der Waals surface area contributed by atoms with Crippen molar-refractivity contribution < 1.29 is 4.52 Å². The van der Waals surface area contributed by atoms with Crippen molar-refractivity contribution in [1.82, 2.24) is 10.4 Å². The predicted molar refractivity (Wildman–Crippen MR) is 36.1 cm³/mol. The Hall–Kier alpha value is -0.510. The van der Waals surface area contributed by atoms with Gasteiger partial charge in [0.15, 0.2) is 0 Å². The molecule has 0 aliphatic heterocycles. The van der Waals surface area contributed by atoms with Gasteiger partial charge >= 0.3 is 0 Å². The Balaban J connectivity index is 2.48. The maximum atomic E-state index is 4.49. The molecule has 4 heteroatoms. The van der Waals surface area contributed by atoms with E-state index < -0.39 is 0 Å². The SMILES string of the molecule is [CH2]C(S)Cc1conn1. The van der Waals surface area contributed by atoms with E-state index in [0.29, 0.717) is 6.42 Å². The van der Waals surface area contributed by atoms with Crippen molar-refractivity contribution in [2.45, 2.75) is 11.7 Å². The monoisotopic (exact) mass is 143 g/mol. The quantitative estimate of drug-likeness (QED) is 0.621. The Morgan fingerprint density at radius 2 is 2.67 bits per heavy atom. The van der Waals surface area contributed by atoms with E-state index in [0.717, 1.165) is 5.69 Å². The summed E-state index contributed by atoms with van der Waals surface area (Å²) in [5.74, 6) is 0. The normalized spacial score (nSPS) is 13.6. The first kappa shape index (κ1) is 6.61. The van der Waals surface area contributed by atoms with Crippen molar-refractivity contribution in [1.29, 1.82) is 0 Å². The summed E-state index contributed by atoms with van der Waals surface area (Å²) in [6.07, 6.45) is 2.20. The molecule has 0 saturated heterocycles. The Morgan fingerprint density at radius 3 is 3.11 bits per heavy atom. The molecular weight excluding hydrogens is 136 g/mol. The third-order valence-electron chi connectivity index (χ3n) is 0.850. The lowest BCUT2D eigenvalue weighted by Crippen LogP contribution is -1.97. The fourth-order valence-electron chi connectivity index (χ4n) is 0.514. The molecule has 49 valence electrons. The average molecular weight is 143 g/mol. The fourth-order valence-corrected chi connectivity index (χ4v) is 0.701. The predicted octanol–water partition coefficient (Wildman–Crippen LogP) is 0.745. The molecule has 0 spiro atoms. The summed E-state index contributed by atoms with van der Waals surface area (Å²) in [5, 5.41) is 7.01. The van der Waals surface area contributed by atoms with Gasteiger partial charge in [0.2, 0.25) is 0 Å². The largest absolute Gasteiger partial charge is 0.345 e. The Bertz CT molecular complexity index is 161. The van der Waals surface area contributed by atoms with Crippen LogP contribution in [-0.2, 0) is 6.42 Å². The van der Waals surface area contributed by atoms with E-state index in [2.05, 4.69) is 34.4 Å². The first-order chi connectivity index (χ1) is 4.29. The van der Waals surface area contributed by atoms with Gasteiger partial charge in [-0.15, -0.1) is 5.10 Å². The number of nitrogens with zero attached hydrogens (tertiary/aromatic N) is 2. The molecule has 1 aromatic heterocycles. The number of aromatic nitrogens is 2. The van der Waals surface area contributed by atoms with Crippen LogP contribution < -0.4 is 0 Å². The van der Waals surface area contributed by atoms with Crippen LogP contribution in [0.4, 0.5) is 0 Å². The van der Waals surface area contributed by atoms with Gasteiger partial charge in [-0.2, -0.15) is 12.6 Å². The maximum absolute atomic E-state index is 4.49. The van der Waals surface area contributed by atoms with Crippen molar-refractivity contribution in [3.63, 3.8) is 0 Å². The van der Waals surface area contributed by atoms with Gasteiger partial charge < -0.3 is 4.52 Å². The van der Waals surface area contributed by atoms with E-state index in [1.165, 1.54) is 6.26 Å². The minimum atomic E-state index is 0.0666. The van der Waals surface area contributed by atoms with Crippen LogP contribution in [0.5, 0.6) is 0 Å². The summed E-state index contributed by atoms with van der Waals surface area (Å²) in [5.41, 5.74) is 0.796. The van der Waals surface area contributed by atoms with Gasteiger partial charge in [0.1, 0.15) is 12.0 Å². The van der Waals surface area contributed by atoms with E-state index in [9.17, 15) is 0 Å². The van der Waals surface area contributed by atoms with Crippen LogP contribution in [0, 0.1) is 6.92 Å². The van der Waals surface area contributed by atoms with Crippen molar-refractivity contribution in [3.05, 3.63) is 18.9 Å². The fraction of sp³-hybridized carbons (Fsp3) is 0.400. The molecule has 0 aliphatic carbocycles. The molecule has 0 saturated carbocycles. The highest BCUT2D eigenvalue weighted by molar-refractivity contribution is 7.81. The van der Waals surface area contributed by atoms with Gasteiger partial charge in [0, 0.05) is 16.9 Å². The van der Waals surface area contributed by atoms with Gasteiger partial charge in [-0.1, -0.05) is 0 Å². The second-order valence-corrected chi connectivity index (χ2v) is 2.48. The van der Waals surface area contributed by atoms with Crippen molar-refractivity contribution in [2.24, 2.45) is 0 Å². The highest BCUT2D eigenvalue weighted by Crippen LogP contribution is 2.01. The Kier molecular flexibility index (Phi) is 2.10. The molecule has 1 radical (unpaired) electrons. The molecular formula is C5H7N2OS. The second kappa shape index (κ2) is 2.87. The molecule has 1 unspecified atom stereocenters. The average Bonchev–Trinajstić information content (AvgIpc) is 2.15. The topological polar surface area (TPSA) is 38.9 Å². The molecule has 0 amide bonds.